The number of hydrogen-bond acceptors (Lipinski definition) is 3. The van der Waals surface area contributed by atoms with E-state index in [-0.39, 0.29) is 5.91 Å². The van der Waals surface area contributed by atoms with Gasteiger partial charge in [-0.05, 0) is 34.1 Å². The van der Waals surface area contributed by atoms with E-state index in [0.717, 1.165) is 13.1 Å². The number of nitrogens with zero attached hydrogens (tertiary/aromatic N) is 4. The second-order valence-corrected chi connectivity index (χ2v) is 8.25. The van der Waals surface area contributed by atoms with Crippen molar-refractivity contribution in [2.75, 3.05) is 13.1 Å². The molecule has 1 aliphatic heterocycles. The van der Waals surface area contributed by atoms with Gasteiger partial charge in [0.2, 0.25) is 5.91 Å². The molecule has 7 rings (SSSR count). The fraction of sp³-hybridized carbons (Fsp3) is 0.348. The Labute approximate surface area is 164 Å². The molecule has 1 amide bonds. The van der Waals surface area contributed by atoms with Crippen molar-refractivity contribution in [3.8, 4) is 0 Å². The van der Waals surface area contributed by atoms with E-state index in [0.29, 0.717) is 36.6 Å². The summed E-state index contributed by atoms with van der Waals surface area (Å²) in [6.07, 6.45) is 3.67. The fourth-order valence-corrected chi connectivity index (χ4v) is 5.89. The Kier molecular flexibility index (Phi) is 3.45. The van der Waals surface area contributed by atoms with Crippen molar-refractivity contribution in [3.05, 3.63) is 83.4 Å². The molecule has 0 saturated carbocycles. The molecule has 3 aliphatic carbocycles. The first-order valence-corrected chi connectivity index (χ1v) is 10.1. The lowest BCUT2D eigenvalue weighted by Gasteiger charge is -2.47. The highest BCUT2D eigenvalue weighted by atomic mass is 16.2. The third kappa shape index (κ3) is 2.22. The van der Waals surface area contributed by atoms with Crippen LogP contribution in [0.3, 0.4) is 0 Å². The van der Waals surface area contributed by atoms with Crippen LogP contribution in [0.1, 0.15) is 40.5 Å². The molecule has 2 heterocycles. The van der Waals surface area contributed by atoms with Crippen LogP contribution < -0.4 is 0 Å². The fourth-order valence-electron chi connectivity index (χ4n) is 5.89. The van der Waals surface area contributed by atoms with Gasteiger partial charge in [0, 0.05) is 31.3 Å². The Morgan fingerprint density at radius 3 is 1.89 bits per heavy atom. The Balaban J connectivity index is 1.31. The molecule has 1 aromatic heterocycles. The van der Waals surface area contributed by atoms with Crippen LogP contribution in [0, 0.1) is 11.8 Å². The van der Waals surface area contributed by atoms with Crippen molar-refractivity contribution in [1.29, 1.82) is 0 Å². The summed E-state index contributed by atoms with van der Waals surface area (Å²) in [6, 6.07) is 17.8. The third-order valence-electron chi connectivity index (χ3n) is 6.97. The molecule has 3 aromatic rings. The molecular weight excluding hydrogens is 348 g/mol. The molecule has 5 nitrogen and oxygen atoms in total. The number of likely N-dealkylation sites (tertiary alicyclic amines) is 1. The van der Waals surface area contributed by atoms with Gasteiger partial charge in [0.1, 0.15) is 12.7 Å². The summed E-state index contributed by atoms with van der Waals surface area (Å²) in [5, 5.41) is 4.11. The smallest absolute Gasteiger partial charge is 0.224 e. The van der Waals surface area contributed by atoms with Gasteiger partial charge in [-0.1, -0.05) is 48.5 Å². The summed E-state index contributed by atoms with van der Waals surface area (Å²) in [5.41, 5.74) is 5.91. The van der Waals surface area contributed by atoms with Gasteiger partial charge in [0.15, 0.2) is 0 Å². The average molecular weight is 370 g/mol. The Hall–Kier alpha value is -2.95. The van der Waals surface area contributed by atoms with E-state index in [1.807, 2.05) is 0 Å². The van der Waals surface area contributed by atoms with E-state index in [4.69, 9.17) is 0 Å². The summed E-state index contributed by atoms with van der Waals surface area (Å²) in [7, 11) is 0. The lowest BCUT2D eigenvalue weighted by Crippen LogP contribution is -2.39. The number of aromatic nitrogens is 3. The minimum atomic E-state index is 0.234. The second-order valence-electron chi connectivity index (χ2n) is 8.25. The Bertz CT molecular complexity index is 939. The van der Waals surface area contributed by atoms with E-state index in [2.05, 4.69) is 63.5 Å². The molecule has 0 spiro atoms. The molecule has 4 aliphatic rings. The summed E-state index contributed by atoms with van der Waals surface area (Å²) in [4.78, 5) is 19.0. The molecule has 2 bridgehead atoms. The number of carbonyl (C=O) groups excluding carboxylic acids is 1. The van der Waals surface area contributed by atoms with E-state index >= 15 is 0 Å². The van der Waals surface area contributed by atoms with Gasteiger partial charge in [-0.15, -0.1) is 0 Å². The predicted molar refractivity (Wildman–Crippen MR) is 105 cm³/mol. The van der Waals surface area contributed by atoms with E-state index in [9.17, 15) is 4.79 Å². The lowest BCUT2D eigenvalue weighted by molar-refractivity contribution is -0.130. The van der Waals surface area contributed by atoms with Crippen molar-refractivity contribution in [2.24, 2.45) is 11.8 Å². The van der Waals surface area contributed by atoms with Gasteiger partial charge in [-0.25, -0.2) is 4.98 Å². The topological polar surface area (TPSA) is 51.0 Å². The summed E-state index contributed by atoms with van der Waals surface area (Å²) >= 11 is 0. The highest BCUT2D eigenvalue weighted by Crippen LogP contribution is 2.60. The van der Waals surface area contributed by atoms with E-state index < -0.39 is 0 Å². The third-order valence-corrected chi connectivity index (χ3v) is 6.97. The molecule has 28 heavy (non-hydrogen) atoms. The summed E-state index contributed by atoms with van der Waals surface area (Å²) < 4.78 is 1.73. The quantitative estimate of drug-likeness (QED) is 0.712. The molecule has 1 fully saturated rings. The minimum absolute atomic E-state index is 0.234. The highest BCUT2D eigenvalue weighted by molar-refractivity contribution is 5.77. The number of benzene rings is 2. The molecule has 2 aromatic carbocycles. The molecule has 2 atom stereocenters. The Morgan fingerprint density at radius 1 is 0.893 bits per heavy atom. The summed E-state index contributed by atoms with van der Waals surface area (Å²) in [5.74, 6) is 2.10. The van der Waals surface area contributed by atoms with Crippen molar-refractivity contribution in [1.82, 2.24) is 19.7 Å². The zero-order valence-corrected chi connectivity index (χ0v) is 15.6. The number of aryl methyl sites for hydroxylation is 1. The molecule has 1 saturated heterocycles. The maximum absolute atomic E-state index is 12.9. The van der Waals surface area contributed by atoms with E-state index in [1.54, 1.807) is 11.0 Å². The van der Waals surface area contributed by atoms with Gasteiger partial charge < -0.3 is 4.90 Å². The van der Waals surface area contributed by atoms with Crippen LogP contribution in [-0.2, 0) is 11.3 Å². The maximum Gasteiger partial charge on any atom is 0.224 e. The summed E-state index contributed by atoms with van der Waals surface area (Å²) in [6.45, 7) is 2.33. The van der Waals surface area contributed by atoms with Gasteiger partial charge in [-0.2, -0.15) is 5.10 Å². The number of rotatable bonds is 3. The highest BCUT2D eigenvalue weighted by Gasteiger charge is 2.53. The molecule has 140 valence electrons. The largest absolute Gasteiger partial charge is 0.342 e. The zero-order chi connectivity index (χ0) is 18.7. The van der Waals surface area contributed by atoms with Crippen LogP contribution in [0.5, 0.6) is 0 Å². The van der Waals surface area contributed by atoms with Crippen LogP contribution in [0.4, 0.5) is 0 Å². The molecule has 0 radical (unpaired) electrons. The van der Waals surface area contributed by atoms with E-state index in [1.165, 1.54) is 28.6 Å². The van der Waals surface area contributed by atoms with Crippen LogP contribution in [-0.4, -0.2) is 38.7 Å². The first-order chi connectivity index (χ1) is 13.8. The molecule has 2 unspecified atom stereocenters. The van der Waals surface area contributed by atoms with Crippen LogP contribution >= 0.6 is 0 Å². The lowest BCUT2D eigenvalue weighted by atomic mass is 9.55. The van der Waals surface area contributed by atoms with Crippen LogP contribution in [0.25, 0.3) is 0 Å². The second kappa shape index (κ2) is 6.03. The molecular formula is C23H22N4O. The predicted octanol–water partition coefficient (Wildman–Crippen LogP) is 3.03. The minimum Gasteiger partial charge on any atom is -0.342 e. The van der Waals surface area contributed by atoms with Gasteiger partial charge in [0.05, 0.1) is 6.54 Å². The zero-order valence-electron chi connectivity index (χ0n) is 15.6. The normalized spacial score (nSPS) is 26.6. The maximum atomic E-state index is 12.9. The van der Waals surface area contributed by atoms with Gasteiger partial charge >= 0.3 is 0 Å². The Morgan fingerprint density at radius 2 is 1.43 bits per heavy atom. The average Bonchev–Trinajstić information content (AvgIpc) is 3.42. The monoisotopic (exact) mass is 370 g/mol. The molecule has 5 heteroatoms. The van der Waals surface area contributed by atoms with Crippen LogP contribution in [0.15, 0.2) is 61.2 Å². The standard InChI is InChI=1S/C23H22N4O/c28-21(9-10-27-14-24-13-25-27)26-11-19-20(12-26)23-16-6-2-1-5-15(16)22(19)17-7-3-4-8-18(17)23/h1-8,13-14,19-20,22-23H,9-12H2. The van der Waals surface area contributed by atoms with Crippen molar-refractivity contribution in [3.63, 3.8) is 0 Å². The van der Waals surface area contributed by atoms with Crippen molar-refractivity contribution in [2.45, 2.75) is 24.8 Å². The number of hydrogen-bond donors (Lipinski definition) is 0. The first kappa shape index (κ1) is 16.0. The van der Waals surface area contributed by atoms with Crippen molar-refractivity contribution < 1.29 is 4.79 Å². The van der Waals surface area contributed by atoms with Gasteiger partial charge in [0.25, 0.3) is 0 Å². The molecule has 0 N–H and O–H groups in total. The SMILES string of the molecule is O=C(CCn1cncn1)N1CC2C3c4ccccc4C(c4ccccc43)C2C1. The van der Waals surface area contributed by atoms with Gasteiger partial charge in [-0.3, -0.25) is 9.48 Å². The number of carbonyl (C=O) groups is 1. The number of amides is 1. The first-order valence-electron chi connectivity index (χ1n) is 10.1. The van der Waals surface area contributed by atoms with Crippen LogP contribution in [0.2, 0.25) is 0 Å². The van der Waals surface area contributed by atoms with Crippen molar-refractivity contribution >= 4 is 5.91 Å².